The van der Waals surface area contributed by atoms with Crippen LogP contribution in [0, 0.1) is 11.6 Å². The minimum absolute atomic E-state index is 0.0554. The van der Waals surface area contributed by atoms with E-state index in [9.17, 15) is 37.1 Å². The van der Waals surface area contributed by atoms with E-state index in [4.69, 9.17) is 9.47 Å². The van der Waals surface area contributed by atoms with Crippen molar-refractivity contribution in [3.05, 3.63) is 99.2 Å². The lowest BCUT2D eigenvalue weighted by Gasteiger charge is -2.32. The molecular weight excluding hydrogens is 811 g/mol. The molecule has 4 aliphatic heterocycles. The van der Waals surface area contributed by atoms with Gasteiger partial charge in [-0.25, -0.2) is 13.8 Å². The molecule has 4 aromatic rings. The first-order valence-corrected chi connectivity index (χ1v) is 19.2. The van der Waals surface area contributed by atoms with Crippen molar-refractivity contribution in [1.82, 2.24) is 35.3 Å². The second kappa shape index (κ2) is 16.1. The van der Waals surface area contributed by atoms with E-state index in [2.05, 4.69) is 25.9 Å². The second-order valence-corrected chi connectivity index (χ2v) is 15.1. The molecule has 8 rings (SSSR count). The normalized spacial score (nSPS) is 18.2. The molecule has 5 amide bonds. The first-order valence-electron chi connectivity index (χ1n) is 19.2. The number of halogens is 5. The first-order chi connectivity index (χ1) is 29.1. The van der Waals surface area contributed by atoms with Gasteiger partial charge < -0.3 is 29.9 Å². The van der Waals surface area contributed by atoms with Crippen LogP contribution in [-0.4, -0.2) is 93.5 Å². The number of nitrogens with zero attached hydrogens (tertiary/aromatic N) is 5. The number of likely N-dealkylation sites (tertiary alicyclic amines) is 1. The summed E-state index contributed by atoms with van der Waals surface area (Å²) in [7, 11) is 2.79. The van der Waals surface area contributed by atoms with E-state index in [1.54, 1.807) is 19.2 Å². The fourth-order valence-electron chi connectivity index (χ4n) is 7.97. The van der Waals surface area contributed by atoms with Gasteiger partial charge in [0.15, 0.2) is 0 Å². The molecular formula is C41H37F5N8O7. The Morgan fingerprint density at radius 3 is 2.44 bits per heavy atom. The molecule has 3 N–H and O–H groups in total. The lowest BCUT2D eigenvalue weighted by molar-refractivity contribution is -0.139. The monoisotopic (exact) mass is 848 g/mol. The summed E-state index contributed by atoms with van der Waals surface area (Å²) < 4.78 is 83.9. The molecule has 1 atom stereocenters. The van der Waals surface area contributed by atoms with E-state index in [1.165, 1.54) is 35.1 Å². The summed E-state index contributed by atoms with van der Waals surface area (Å²) in [5.41, 5.74) is -0.0261. The van der Waals surface area contributed by atoms with Crippen molar-refractivity contribution in [2.24, 2.45) is 0 Å². The molecule has 0 radical (unpaired) electrons. The van der Waals surface area contributed by atoms with Gasteiger partial charge in [0.25, 0.3) is 17.7 Å². The Bertz CT molecular complexity index is 2490. The van der Waals surface area contributed by atoms with Crippen LogP contribution < -0.4 is 25.4 Å². The highest BCUT2D eigenvalue weighted by atomic mass is 19.4. The van der Waals surface area contributed by atoms with Gasteiger partial charge in [0.2, 0.25) is 23.6 Å². The van der Waals surface area contributed by atoms with Crippen molar-refractivity contribution in [2.75, 3.05) is 32.6 Å². The Morgan fingerprint density at radius 1 is 0.951 bits per heavy atom. The molecule has 3 aromatic carbocycles. The zero-order valence-electron chi connectivity index (χ0n) is 32.6. The van der Waals surface area contributed by atoms with Crippen LogP contribution in [0.1, 0.15) is 79.0 Å². The van der Waals surface area contributed by atoms with Crippen molar-refractivity contribution in [3.8, 4) is 17.4 Å². The summed E-state index contributed by atoms with van der Waals surface area (Å²) in [5, 5.41) is 7.69. The van der Waals surface area contributed by atoms with Gasteiger partial charge in [-0.2, -0.15) is 18.2 Å². The number of hydrogen-bond donors (Lipinski definition) is 3. The van der Waals surface area contributed by atoms with Crippen LogP contribution in [0.3, 0.4) is 0 Å². The number of carbonyl (C=O) groups excluding carboxylic acids is 5. The number of methoxy groups -OCH3 is 1. The predicted molar refractivity (Wildman–Crippen MR) is 204 cm³/mol. The second-order valence-electron chi connectivity index (χ2n) is 15.1. The van der Waals surface area contributed by atoms with Crippen LogP contribution in [0.15, 0.2) is 48.7 Å². The molecule has 2 saturated heterocycles. The number of imide groups is 1. The van der Waals surface area contributed by atoms with Crippen LogP contribution in [0.2, 0.25) is 0 Å². The third-order valence-corrected chi connectivity index (χ3v) is 11.1. The number of amides is 5. The van der Waals surface area contributed by atoms with E-state index in [0.29, 0.717) is 48.8 Å². The number of alkyl halides is 3. The van der Waals surface area contributed by atoms with Crippen molar-refractivity contribution in [3.63, 3.8) is 0 Å². The highest BCUT2D eigenvalue weighted by Gasteiger charge is 2.40. The number of fused-ring (bicyclic) bond motifs is 2. The fraction of sp³-hybridized carbons (Fsp3) is 0.341. The number of hydrogen-bond acceptors (Lipinski definition) is 11. The molecule has 0 aliphatic carbocycles. The standard InChI is InChI=1S/C41H37F5N8O7/c1-52-17-20-4-3-5-31(34(20)39(52)59)61-37-26(41(44,45)46)16-47-40(51-37)49-29-15-28(43)25(14-32(29)60-2)35(56)48-23-8-10-53(11-9-23)18-22-12-21-19-54(38(58)24(21)13-27(22)42)30-6-7-33(55)50-36(30)57/h3-5,12-16,23,30H,6-11,17-19H2,1-2H3,(H,48,56)(H,47,49,51)(H,50,55,57). The van der Waals surface area contributed by atoms with Crippen molar-refractivity contribution < 1.29 is 55.4 Å². The molecule has 15 nitrogen and oxygen atoms in total. The molecule has 0 spiro atoms. The van der Waals surface area contributed by atoms with Crippen LogP contribution in [-0.2, 0) is 35.4 Å². The number of piperidine rings is 2. The lowest BCUT2D eigenvalue weighted by atomic mass is 10.0. The molecule has 0 saturated carbocycles. The number of carbonyl (C=O) groups is 5. The van der Waals surface area contributed by atoms with E-state index in [0.717, 1.165) is 12.1 Å². The summed E-state index contributed by atoms with van der Waals surface area (Å²) >= 11 is 0. The molecule has 1 unspecified atom stereocenters. The van der Waals surface area contributed by atoms with Gasteiger partial charge >= 0.3 is 6.18 Å². The number of aromatic nitrogens is 2. The molecule has 0 bridgehead atoms. The Morgan fingerprint density at radius 2 is 1.72 bits per heavy atom. The molecule has 5 heterocycles. The van der Waals surface area contributed by atoms with Gasteiger partial charge in [0, 0.05) is 75.6 Å². The Balaban J connectivity index is 0.905. The highest BCUT2D eigenvalue weighted by molar-refractivity contribution is 6.05. The molecule has 318 valence electrons. The zero-order chi connectivity index (χ0) is 43.3. The zero-order valence-corrected chi connectivity index (χ0v) is 32.6. The predicted octanol–water partition coefficient (Wildman–Crippen LogP) is 5.06. The largest absolute Gasteiger partial charge is 0.495 e. The van der Waals surface area contributed by atoms with Gasteiger partial charge in [-0.1, -0.05) is 12.1 Å². The highest BCUT2D eigenvalue weighted by Crippen LogP contribution is 2.40. The summed E-state index contributed by atoms with van der Waals surface area (Å²) in [5.74, 6) is -5.70. The third-order valence-electron chi connectivity index (χ3n) is 11.1. The maximum absolute atomic E-state index is 15.6. The van der Waals surface area contributed by atoms with Crippen LogP contribution in [0.5, 0.6) is 17.4 Å². The third kappa shape index (κ3) is 8.14. The maximum Gasteiger partial charge on any atom is 0.423 e. The van der Waals surface area contributed by atoms with Crippen molar-refractivity contribution in [2.45, 2.75) is 63.6 Å². The van der Waals surface area contributed by atoms with E-state index in [-0.39, 0.29) is 72.4 Å². The number of anilines is 2. The van der Waals surface area contributed by atoms with Crippen molar-refractivity contribution in [1.29, 1.82) is 0 Å². The summed E-state index contributed by atoms with van der Waals surface area (Å²) in [4.78, 5) is 75.5. The lowest BCUT2D eigenvalue weighted by Crippen LogP contribution is -2.52. The fourth-order valence-corrected chi connectivity index (χ4v) is 7.97. The number of nitrogens with one attached hydrogen (secondary N) is 3. The van der Waals surface area contributed by atoms with Crippen LogP contribution >= 0.6 is 0 Å². The van der Waals surface area contributed by atoms with Crippen LogP contribution in [0.4, 0.5) is 33.6 Å². The maximum atomic E-state index is 15.6. The number of benzene rings is 3. The average Bonchev–Trinajstić information content (AvgIpc) is 3.68. The summed E-state index contributed by atoms with van der Waals surface area (Å²) in [6.45, 7) is 1.48. The molecule has 20 heteroatoms. The Hall–Kier alpha value is -6.70. The molecule has 1 aromatic heterocycles. The minimum atomic E-state index is -4.93. The number of rotatable bonds is 10. The SMILES string of the molecule is COc1cc(C(=O)NC2CCN(Cc3cc4c(cc3F)C(=O)N(C3CCC(=O)NC3=O)C4)CC2)c(F)cc1Nc1ncc(C(F)(F)F)c(Oc2cccc3c2C(=O)N(C)C3)n1. The summed E-state index contributed by atoms with van der Waals surface area (Å²) in [6.07, 6.45) is -3.26. The average molecular weight is 849 g/mol. The van der Waals surface area contributed by atoms with Gasteiger partial charge in [0.05, 0.1) is 23.9 Å². The van der Waals surface area contributed by atoms with Crippen molar-refractivity contribution >= 4 is 41.2 Å². The van der Waals surface area contributed by atoms with Gasteiger partial charge in [-0.05, 0) is 54.7 Å². The number of ether oxygens (including phenoxy) is 2. The van der Waals surface area contributed by atoms with E-state index in [1.807, 2.05) is 4.90 Å². The Kier molecular flexibility index (Phi) is 10.8. The van der Waals surface area contributed by atoms with Gasteiger partial charge in [0.1, 0.15) is 34.7 Å². The summed E-state index contributed by atoms with van der Waals surface area (Å²) in [6, 6.07) is 8.19. The quantitative estimate of drug-likeness (QED) is 0.144. The Labute approximate surface area is 344 Å². The molecule has 61 heavy (non-hydrogen) atoms. The topological polar surface area (TPSA) is 175 Å². The smallest absolute Gasteiger partial charge is 0.423 e. The van der Waals surface area contributed by atoms with E-state index >= 15 is 8.78 Å². The minimum Gasteiger partial charge on any atom is -0.495 e. The molecule has 4 aliphatic rings. The van der Waals surface area contributed by atoms with Crippen LogP contribution in [0.25, 0.3) is 0 Å². The van der Waals surface area contributed by atoms with Gasteiger partial charge in [-0.3, -0.25) is 34.2 Å². The molecule has 2 fully saturated rings. The first kappa shape index (κ1) is 41.1. The van der Waals surface area contributed by atoms with E-state index < -0.39 is 70.8 Å². The van der Waals surface area contributed by atoms with Gasteiger partial charge in [-0.15, -0.1) is 0 Å².